The molecule has 5 heteroatoms. The highest BCUT2D eigenvalue weighted by Crippen LogP contribution is 2.31. The summed E-state index contributed by atoms with van der Waals surface area (Å²) in [4.78, 5) is 14.0. The molecule has 5 nitrogen and oxygen atoms in total. The van der Waals surface area contributed by atoms with E-state index in [1.165, 1.54) is 12.8 Å². The van der Waals surface area contributed by atoms with Crippen LogP contribution in [0.2, 0.25) is 0 Å². The maximum Gasteiger partial charge on any atom is 0.260 e. The van der Waals surface area contributed by atoms with Crippen molar-refractivity contribution in [2.75, 3.05) is 32.0 Å². The van der Waals surface area contributed by atoms with Gasteiger partial charge < -0.3 is 14.2 Å². The summed E-state index contributed by atoms with van der Waals surface area (Å²) in [6, 6.07) is 12.1. The zero-order valence-electron chi connectivity index (χ0n) is 13.7. The second kappa shape index (κ2) is 6.42. The fourth-order valence-electron chi connectivity index (χ4n) is 2.91. The molecule has 24 heavy (non-hydrogen) atoms. The molecule has 0 spiro atoms. The van der Waals surface area contributed by atoms with Crippen molar-refractivity contribution < 1.29 is 19.0 Å². The maximum absolute atomic E-state index is 12.3. The first-order chi connectivity index (χ1) is 11.7. The van der Waals surface area contributed by atoms with Gasteiger partial charge in [-0.2, -0.15) is 0 Å². The molecule has 0 unspecified atom stereocenters. The highest BCUT2D eigenvalue weighted by Gasteiger charge is 2.33. The van der Waals surface area contributed by atoms with E-state index in [-0.39, 0.29) is 19.2 Å². The predicted molar refractivity (Wildman–Crippen MR) is 91.3 cm³/mol. The largest absolute Gasteiger partial charge is 0.493 e. The number of fused-ring (bicyclic) bond motifs is 1. The third kappa shape index (κ3) is 3.09. The average molecular weight is 327 g/mol. The molecule has 2 aromatic carbocycles. The quantitative estimate of drug-likeness (QED) is 0.818. The molecule has 1 aliphatic carbocycles. The Morgan fingerprint density at radius 2 is 1.92 bits per heavy atom. The maximum atomic E-state index is 12.3. The Hall–Kier alpha value is -2.11. The topological polar surface area (TPSA) is 48.0 Å². The van der Waals surface area contributed by atoms with Crippen LogP contribution in [-0.2, 0) is 14.3 Å². The Morgan fingerprint density at radius 3 is 2.71 bits per heavy atom. The Kier molecular flexibility index (Phi) is 4.12. The van der Waals surface area contributed by atoms with E-state index in [2.05, 4.69) is 6.07 Å². The van der Waals surface area contributed by atoms with E-state index in [9.17, 15) is 4.79 Å². The first kappa shape index (κ1) is 15.4. The fraction of sp³-hybridized carbons (Fsp3) is 0.421. The Bertz CT molecular complexity index is 756. The van der Waals surface area contributed by atoms with Crippen molar-refractivity contribution in [2.45, 2.75) is 18.9 Å². The van der Waals surface area contributed by atoms with Gasteiger partial charge in [-0.1, -0.05) is 12.1 Å². The van der Waals surface area contributed by atoms with Crippen molar-refractivity contribution in [1.29, 1.82) is 0 Å². The molecule has 4 rings (SSSR count). The summed E-state index contributed by atoms with van der Waals surface area (Å²) < 4.78 is 16.3. The smallest absolute Gasteiger partial charge is 0.260 e. The lowest BCUT2D eigenvalue weighted by atomic mass is 10.1. The molecular weight excluding hydrogens is 306 g/mol. The van der Waals surface area contributed by atoms with E-state index in [1.807, 2.05) is 30.3 Å². The predicted octanol–water partition coefficient (Wildman–Crippen LogP) is 2.96. The van der Waals surface area contributed by atoms with Crippen LogP contribution in [0.15, 0.2) is 36.4 Å². The third-order valence-electron chi connectivity index (χ3n) is 4.55. The third-order valence-corrected chi connectivity index (χ3v) is 4.55. The number of methoxy groups -OCH3 is 1. The summed E-state index contributed by atoms with van der Waals surface area (Å²) in [5.41, 5.74) is 0.845. The minimum Gasteiger partial charge on any atom is -0.493 e. The number of rotatable bonds is 6. The normalized spacial score (nSPS) is 20.8. The van der Waals surface area contributed by atoms with Gasteiger partial charge in [0, 0.05) is 12.8 Å². The SMILES string of the molecule is COC[C@@H]1OCN(c2ccc3cc(OCC4CC4)ccc3c2)C1=O. The molecule has 0 radical (unpaired) electrons. The summed E-state index contributed by atoms with van der Waals surface area (Å²) >= 11 is 0. The van der Waals surface area contributed by atoms with E-state index in [1.54, 1.807) is 12.0 Å². The number of hydrogen-bond acceptors (Lipinski definition) is 4. The minimum absolute atomic E-state index is 0.0550. The van der Waals surface area contributed by atoms with Crippen LogP contribution in [0.3, 0.4) is 0 Å². The lowest BCUT2D eigenvalue weighted by Crippen LogP contribution is -2.31. The number of benzene rings is 2. The van der Waals surface area contributed by atoms with Crippen molar-refractivity contribution in [2.24, 2.45) is 5.92 Å². The van der Waals surface area contributed by atoms with Crippen molar-refractivity contribution in [3.63, 3.8) is 0 Å². The molecule has 1 atom stereocenters. The molecule has 2 fully saturated rings. The van der Waals surface area contributed by atoms with Gasteiger partial charge >= 0.3 is 0 Å². The van der Waals surface area contributed by atoms with Gasteiger partial charge in [-0.25, -0.2) is 0 Å². The van der Waals surface area contributed by atoms with Crippen molar-refractivity contribution in [1.82, 2.24) is 0 Å². The van der Waals surface area contributed by atoms with Crippen LogP contribution in [0.4, 0.5) is 5.69 Å². The fourth-order valence-corrected chi connectivity index (χ4v) is 2.91. The number of anilines is 1. The van der Waals surface area contributed by atoms with Crippen molar-refractivity contribution in [3.05, 3.63) is 36.4 Å². The van der Waals surface area contributed by atoms with Gasteiger partial charge in [-0.05, 0) is 53.8 Å². The van der Waals surface area contributed by atoms with Gasteiger partial charge in [-0.3, -0.25) is 9.69 Å². The van der Waals surface area contributed by atoms with E-state index in [0.29, 0.717) is 0 Å². The van der Waals surface area contributed by atoms with Crippen LogP contribution in [-0.4, -0.2) is 39.1 Å². The van der Waals surface area contributed by atoms with E-state index >= 15 is 0 Å². The summed E-state index contributed by atoms with van der Waals surface area (Å²) in [7, 11) is 1.57. The van der Waals surface area contributed by atoms with Crippen LogP contribution in [0, 0.1) is 5.92 Å². The summed E-state index contributed by atoms with van der Waals surface area (Å²) in [6.07, 6.45) is 2.06. The second-order valence-electron chi connectivity index (χ2n) is 6.45. The van der Waals surface area contributed by atoms with Gasteiger partial charge in [0.05, 0.1) is 13.2 Å². The van der Waals surface area contributed by atoms with Gasteiger partial charge in [-0.15, -0.1) is 0 Å². The van der Waals surface area contributed by atoms with E-state index in [4.69, 9.17) is 14.2 Å². The second-order valence-corrected chi connectivity index (χ2v) is 6.45. The first-order valence-corrected chi connectivity index (χ1v) is 8.33. The molecule has 2 aromatic rings. The zero-order valence-corrected chi connectivity index (χ0v) is 13.7. The number of hydrogen-bond donors (Lipinski definition) is 0. The molecular formula is C19H21NO4. The molecule has 2 aliphatic rings. The van der Waals surface area contributed by atoms with Crippen molar-refractivity contribution >= 4 is 22.4 Å². The zero-order chi connectivity index (χ0) is 16.5. The van der Waals surface area contributed by atoms with Crippen LogP contribution in [0.25, 0.3) is 10.8 Å². The molecule has 0 bridgehead atoms. The molecule has 0 N–H and O–H groups in total. The molecule has 1 aliphatic heterocycles. The minimum atomic E-state index is -0.510. The molecule has 1 saturated heterocycles. The monoisotopic (exact) mass is 327 g/mol. The van der Waals surface area contributed by atoms with Crippen molar-refractivity contribution in [3.8, 4) is 5.75 Å². The van der Waals surface area contributed by atoms with E-state index < -0.39 is 6.10 Å². The Morgan fingerprint density at radius 1 is 1.12 bits per heavy atom. The Balaban J connectivity index is 1.52. The number of ether oxygens (including phenoxy) is 3. The molecule has 0 aromatic heterocycles. The van der Waals surface area contributed by atoms with Crippen LogP contribution in [0.1, 0.15) is 12.8 Å². The Labute approximate surface area is 141 Å². The van der Waals surface area contributed by atoms with Crippen LogP contribution >= 0.6 is 0 Å². The van der Waals surface area contributed by atoms with E-state index in [0.717, 1.165) is 34.7 Å². The summed E-state index contributed by atoms with van der Waals surface area (Å²) in [5.74, 6) is 1.59. The lowest BCUT2D eigenvalue weighted by Gasteiger charge is -2.15. The highest BCUT2D eigenvalue weighted by atomic mass is 16.6. The first-order valence-electron chi connectivity index (χ1n) is 8.33. The molecule has 1 saturated carbocycles. The standard InChI is InChI=1S/C19H21NO4/c1-22-11-18-19(21)20(12-24-18)16-6-4-15-9-17(7-5-14(15)8-16)23-10-13-2-3-13/h4-9,13,18H,2-3,10-12H2,1H3/t18-/m0/s1. The molecule has 126 valence electrons. The molecule has 1 heterocycles. The average Bonchev–Trinajstić information content (AvgIpc) is 3.37. The summed E-state index contributed by atoms with van der Waals surface area (Å²) in [6.45, 7) is 1.36. The lowest BCUT2D eigenvalue weighted by molar-refractivity contribution is -0.124. The number of amides is 1. The van der Waals surface area contributed by atoms with Gasteiger partial charge in [0.2, 0.25) is 0 Å². The summed E-state index contributed by atoms with van der Waals surface area (Å²) in [5, 5.41) is 2.18. The van der Waals surface area contributed by atoms with Gasteiger partial charge in [0.25, 0.3) is 5.91 Å². The highest BCUT2D eigenvalue weighted by molar-refractivity contribution is 6.00. The van der Waals surface area contributed by atoms with Crippen LogP contribution in [0.5, 0.6) is 5.75 Å². The molecule has 1 amide bonds. The van der Waals surface area contributed by atoms with Crippen LogP contribution < -0.4 is 9.64 Å². The number of carbonyl (C=O) groups is 1. The van der Waals surface area contributed by atoms with Gasteiger partial charge in [0.1, 0.15) is 12.5 Å². The van der Waals surface area contributed by atoms with Gasteiger partial charge in [0.15, 0.2) is 6.10 Å². The number of nitrogens with zero attached hydrogens (tertiary/aromatic N) is 1. The number of carbonyl (C=O) groups excluding carboxylic acids is 1.